The van der Waals surface area contributed by atoms with Gasteiger partial charge in [-0.15, -0.1) is 0 Å². The number of nitrogens with one attached hydrogen (secondary N) is 1. The molecule has 0 spiro atoms. The molecule has 5 nitrogen and oxygen atoms in total. The molecule has 1 saturated heterocycles. The summed E-state index contributed by atoms with van der Waals surface area (Å²) in [5, 5.41) is 2.95. The summed E-state index contributed by atoms with van der Waals surface area (Å²) in [6.45, 7) is -0.206. The minimum Gasteiger partial charge on any atom is -0.457 e. The van der Waals surface area contributed by atoms with E-state index >= 15 is 0 Å². The number of carbonyl (C=O) groups excluding carboxylic acids is 1. The lowest BCUT2D eigenvalue weighted by atomic mass is 10.1. The summed E-state index contributed by atoms with van der Waals surface area (Å²) >= 11 is 0. The molecule has 0 bridgehead atoms. The molecule has 1 heterocycles. The number of likely N-dealkylation sites (tertiary alicyclic amines) is 1. The van der Waals surface area contributed by atoms with Crippen LogP contribution in [-0.4, -0.2) is 30.5 Å². The van der Waals surface area contributed by atoms with E-state index in [0.717, 1.165) is 42.1 Å². The lowest BCUT2D eigenvalue weighted by Gasteiger charge is -2.17. The fraction of sp³-hybridized carbons (Fsp3) is 0.269. The fourth-order valence-corrected chi connectivity index (χ4v) is 3.90. The summed E-state index contributed by atoms with van der Waals surface area (Å²) in [5.41, 5.74) is 1.96. The molecule has 1 aliphatic rings. The Balaban J connectivity index is 1.24. The lowest BCUT2D eigenvalue weighted by Crippen LogP contribution is -2.32. The van der Waals surface area contributed by atoms with E-state index in [9.17, 15) is 13.6 Å². The summed E-state index contributed by atoms with van der Waals surface area (Å²) < 4.78 is 34.7. The zero-order valence-corrected chi connectivity index (χ0v) is 18.1. The van der Waals surface area contributed by atoms with Crippen LogP contribution in [0.3, 0.4) is 0 Å². The molecular formula is C26H26F2N2O3. The maximum absolute atomic E-state index is 12.6. The number of hydrogen-bond acceptors (Lipinski definition) is 4. The second-order valence-corrected chi connectivity index (χ2v) is 8.02. The first-order valence-electron chi connectivity index (χ1n) is 10.9. The molecule has 3 aromatic rings. The summed E-state index contributed by atoms with van der Waals surface area (Å²) in [6.07, 6.45) is 0.799. The number of rotatable bonds is 9. The van der Waals surface area contributed by atoms with Crippen molar-refractivity contribution in [3.05, 3.63) is 90.0 Å². The van der Waals surface area contributed by atoms with Crippen LogP contribution in [0.25, 0.3) is 0 Å². The van der Waals surface area contributed by atoms with Crippen molar-refractivity contribution in [3.8, 4) is 17.2 Å². The lowest BCUT2D eigenvalue weighted by molar-refractivity contribution is -0.124. The van der Waals surface area contributed by atoms with Crippen molar-refractivity contribution in [3.63, 3.8) is 0 Å². The summed E-state index contributed by atoms with van der Waals surface area (Å²) in [4.78, 5) is 14.9. The van der Waals surface area contributed by atoms with Crippen LogP contribution in [0.2, 0.25) is 0 Å². The molecule has 0 radical (unpaired) electrons. The SMILES string of the molecule is O=C(NCc1ccc(OC(F)F)cc1)C1CCN(Cc2cccc(Oc3ccccc3)c2)C1. The first kappa shape index (κ1) is 22.7. The van der Waals surface area contributed by atoms with Gasteiger partial charge in [-0.2, -0.15) is 8.78 Å². The van der Waals surface area contributed by atoms with E-state index in [0.29, 0.717) is 13.1 Å². The molecule has 4 rings (SSSR count). The smallest absolute Gasteiger partial charge is 0.387 e. The average molecular weight is 453 g/mol. The minimum atomic E-state index is -2.85. The quantitative estimate of drug-likeness (QED) is 0.484. The zero-order valence-electron chi connectivity index (χ0n) is 18.1. The van der Waals surface area contributed by atoms with Crippen molar-refractivity contribution in [2.24, 2.45) is 5.92 Å². The van der Waals surface area contributed by atoms with Crippen molar-refractivity contribution in [2.75, 3.05) is 13.1 Å². The third-order valence-corrected chi connectivity index (χ3v) is 5.54. The van der Waals surface area contributed by atoms with E-state index in [1.165, 1.54) is 12.1 Å². The highest BCUT2D eigenvalue weighted by Crippen LogP contribution is 2.24. The van der Waals surface area contributed by atoms with Crippen molar-refractivity contribution in [2.45, 2.75) is 26.1 Å². The van der Waals surface area contributed by atoms with Gasteiger partial charge in [-0.1, -0.05) is 42.5 Å². The number of amides is 1. The van der Waals surface area contributed by atoms with E-state index < -0.39 is 6.61 Å². The molecule has 1 atom stereocenters. The van der Waals surface area contributed by atoms with Crippen LogP contribution in [0.4, 0.5) is 8.78 Å². The Kier molecular flexibility index (Phi) is 7.52. The Morgan fingerprint density at radius 1 is 0.939 bits per heavy atom. The normalized spacial score (nSPS) is 16.0. The maximum atomic E-state index is 12.6. The molecule has 7 heteroatoms. The van der Waals surface area contributed by atoms with Gasteiger partial charge in [-0.3, -0.25) is 9.69 Å². The van der Waals surface area contributed by atoms with E-state index in [1.807, 2.05) is 48.5 Å². The number of carbonyl (C=O) groups is 1. The molecule has 1 N–H and O–H groups in total. The molecule has 172 valence electrons. The van der Waals surface area contributed by atoms with Gasteiger partial charge in [-0.25, -0.2) is 0 Å². The number of nitrogens with zero attached hydrogens (tertiary/aromatic N) is 1. The highest BCUT2D eigenvalue weighted by atomic mass is 19.3. The van der Waals surface area contributed by atoms with E-state index in [1.54, 1.807) is 12.1 Å². The number of alkyl halides is 2. The zero-order chi connectivity index (χ0) is 23.0. The molecule has 1 amide bonds. The second-order valence-electron chi connectivity index (χ2n) is 8.02. The van der Waals surface area contributed by atoms with Crippen LogP contribution in [0.1, 0.15) is 17.5 Å². The summed E-state index contributed by atoms with van der Waals surface area (Å²) in [7, 11) is 0. The summed E-state index contributed by atoms with van der Waals surface area (Å²) in [6, 6.07) is 23.9. The van der Waals surface area contributed by atoms with E-state index in [4.69, 9.17) is 4.74 Å². The topological polar surface area (TPSA) is 50.8 Å². The first-order chi connectivity index (χ1) is 16.0. The van der Waals surface area contributed by atoms with Gasteiger partial charge in [0.1, 0.15) is 17.2 Å². The molecule has 1 unspecified atom stereocenters. The summed E-state index contributed by atoms with van der Waals surface area (Å²) in [5.74, 6) is 1.62. The van der Waals surface area contributed by atoms with Crippen LogP contribution in [-0.2, 0) is 17.9 Å². The Hall–Kier alpha value is -3.45. The third kappa shape index (κ3) is 6.76. The largest absolute Gasteiger partial charge is 0.457 e. The molecule has 1 fully saturated rings. The van der Waals surface area contributed by atoms with Gasteiger partial charge in [-0.05, 0) is 60.5 Å². The fourth-order valence-electron chi connectivity index (χ4n) is 3.90. The predicted octanol–water partition coefficient (Wildman–Crippen LogP) is 5.22. The minimum absolute atomic E-state index is 0.00608. The molecular weight excluding hydrogens is 426 g/mol. The predicted molar refractivity (Wildman–Crippen MR) is 121 cm³/mol. The van der Waals surface area contributed by atoms with Gasteiger partial charge < -0.3 is 14.8 Å². The van der Waals surface area contributed by atoms with E-state index in [2.05, 4.69) is 21.0 Å². The van der Waals surface area contributed by atoms with Gasteiger partial charge >= 0.3 is 6.61 Å². The number of ether oxygens (including phenoxy) is 2. The average Bonchev–Trinajstić information content (AvgIpc) is 3.27. The standard InChI is InChI=1S/C26H26F2N2O3/c27-26(28)33-23-11-9-19(10-12-23)16-29-25(31)21-13-14-30(18-21)17-20-5-4-8-24(15-20)32-22-6-2-1-3-7-22/h1-12,15,21,26H,13-14,16-18H2,(H,29,31). The third-order valence-electron chi connectivity index (χ3n) is 5.54. The van der Waals surface area contributed by atoms with Crippen LogP contribution < -0.4 is 14.8 Å². The Labute approximate surface area is 191 Å². The maximum Gasteiger partial charge on any atom is 0.387 e. The monoisotopic (exact) mass is 452 g/mol. The van der Waals surface area contributed by atoms with Crippen LogP contribution in [0, 0.1) is 5.92 Å². The molecule has 0 saturated carbocycles. The van der Waals surface area contributed by atoms with Crippen molar-refractivity contribution < 1.29 is 23.0 Å². The van der Waals surface area contributed by atoms with Crippen LogP contribution >= 0.6 is 0 Å². The Morgan fingerprint density at radius 3 is 2.45 bits per heavy atom. The highest BCUT2D eigenvalue weighted by molar-refractivity contribution is 5.79. The van der Waals surface area contributed by atoms with Crippen LogP contribution in [0.15, 0.2) is 78.9 Å². The van der Waals surface area contributed by atoms with Crippen LogP contribution in [0.5, 0.6) is 17.2 Å². The van der Waals surface area contributed by atoms with E-state index in [-0.39, 0.29) is 17.6 Å². The number of hydrogen-bond donors (Lipinski definition) is 1. The van der Waals surface area contributed by atoms with Crippen molar-refractivity contribution in [1.29, 1.82) is 0 Å². The van der Waals surface area contributed by atoms with Crippen molar-refractivity contribution >= 4 is 5.91 Å². The Bertz CT molecular complexity index is 1040. The second kappa shape index (κ2) is 10.9. The number of para-hydroxylation sites is 1. The molecule has 33 heavy (non-hydrogen) atoms. The highest BCUT2D eigenvalue weighted by Gasteiger charge is 2.28. The van der Waals surface area contributed by atoms with Gasteiger partial charge in [0.15, 0.2) is 0 Å². The molecule has 3 aromatic carbocycles. The van der Waals surface area contributed by atoms with Gasteiger partial charge in [0, 0.05) is 19.6 Å². The Morgan fingerprint density at radius 2 is 1.70 bits per heavy atom. The first-order valence-corrected chi connectivity index (χ1v) is 10.9. The van der Waals surface area contributed by atoms with Gasteiger partial charge in [0.2, 0.25) is 5.91 Å². The molecule has 0 aromatic heterocycles. The van der Waals surface area contributed by atoms with Gasteiger partial charge in [0.05, 0.1) is 5.92 Å². The number of halogens is 2. The van der Waals surface area contributed by atoms with Crippen molar-refractivity contribution in [1.82, 2.24) is 10.2 Å². The van der Waals surface area contributed by atoms with Gasteiger partial charge in [0.25, 0.3) is 0 Å². The number of benzene rings is 3. The molecule has 0 aliphatic carbocycles. The molecule has 1 aliphatic heterocycles.